The van der Waals surface area contributed by atoms with E-state index in [2.05, 4.69) is 28.2 Å². The number of rotatable bonds is 4. The van der Waals surface area contributed by atoms with Gasteiger partial charge < -0.3 is 4.90 Å². The largest absolute Gasteiger partial charge is 0.342 e. The van der Waals surface area contributed by atoms with Crippen LogP contribution in [0.25, 0.3) is 17.2 Å². The Morgan fingerprint density at radius 1 is 0.944 bits per heavy atom. The lowest BCUT2D eigenvalue weighted by Gasteiger charge is -2.36. The highest BCUT2D eigenvalue weighted by Crippen LogP contribution is 2.36. The first-order valence-electron chi connectivity index (χ1n) is 12.7. The molecule has 6 nitrogen and oxygen atoms in total. The van der Waals surface area contributed by atoms with Crippen molar-refractivity contribution in [3.8, 4) is 17.2 Å². The molecule has 2 atom stereocenters. The van der Waals surface area contributed by atoms with Crippen molar-refractivity contribution < 1.29 is 9.18 Å². The van der Waals surface area contributed by atoms with Gasteiger partial charge >= 0.3 is 0 Å². The molecule has 182 valence electrons. The van der Waals surface area contributed by atoms with E-state index in [4.69, 9.17) is 5.10 Å². The maximum atomic E-state index is 13.7. The number of halogens is 1. The first-order chi connectivity index (χ1) is 17.7. The highest BCUT2D eigenvalue weighted by atomic mass is 19.1. The molecule has 0 N–H and O–H groups in total. The van der Waals surface area contributed by atoms with E-state index in [1.165, 1.54) is 23.3 Å². The predicted molar refractivity (Wildman–Crippen MR) is 135 cm³/mol. The zero-order valence-electron chi connectivity index (χ0n) is 20.1. The highest BCUT2D eigenvalue weighted by Gasteiger charge is 2.34. The van der Waals surface area contributed by atoms with Crippen LogP contribution in [0, 0.1) is 5.82 Å². The number of hydrogen-bond donors (Lipinski definition) is 0. The smallest absolute Gasteiger partial charge is 0.250 e. The molecule has 2 aliphatic rings. The minimum Gasteiger partial charge on any atom is -0.342 e. The maximum absolute atomic E-state index is 13.7. The Morgan fingerprint density at radius 3 is 2.58 bits per heavy atom. The molecule has 1 aliphatic heterocycles. The standard InChI is InChI=1S/C29H28FN5O/c30-23-13-11-21(12-14-23)26-18-27(35(33-26)29-31-15-5-16-32-29)22-8-4-17-34(19-22)28(36)25-10-3-7-20-6-1-2-9-24(20)25/h1-2,5-6,9,11-16,18,22,25H,3-4,7-8,10,17,19H2. The lowest BCUT2D eigenvalue weighted by molar-refractivity contribution is -0.134. The minimum atomic E-state index is -0.282. The molecule has 6 rings (SSSR count). The van der Waals surface area contributed by atoms with Crippen molar-refractivity contribution >= 4 is 5.91 Å². The predicted octanol–water partition coefficient (Wildman–Crippen LogP) is 5.29. The number of carbonyl (C=O) groups excluding carboxylic acids is 1. The van der Waals surface area contributed by atoms with Crippen molar-refractivity contribution in [1.29, 1.82) is 0 Å². The number of amides is 1. The van der Waals surface area contributed by atoms with Gasteiger partial charge in [0.15, 0.2) is 0 Å². The molecule has 3 heterocycles. The second-order valence-electron chi connectivity index (χ2n) is 9.69. The molecule has 7 heteroatoms. The first-order valence-corrected chi connectivity index (χ1v) is 12.7. The van der Waals surface area contributed by atoms with Gasteiger partial charge in [-0.05, 0) is 79.6 Å². The van der Waals surface area contributed by atoms with E-state index in [0.29, 0.717) is 12.5 Å². The van der Waals surface area contributed by atoms with Gasteiger partial charge in [0.25, 0.3) is 5.95 Å². The van der Waals surface area contributed by atoms with E-state index in [1.807, 2.05) is 17.0 Å². The fraction of sp³-hybridized carbons (Fsp3) is 0.310. The summed E-state index contributed by atoms with van der Waals surface area (Å²) >= 11 is 0. The van der Waals surface area contributed by atoms with E-state index in [9.17, 15) is 9.18 Å². The topological polar surface area (TPSA) is 63.9 Å². The number of hydrogen-bond acceptors (Lipinski definition) is 4. The van der Waals surface area contributed by atoms with Crippen LogP contribution >= 0.6 is 0 Å². The Bertz CT molecular complexity index is 1370. The van der Waals surface area contributed by atoms with Gasteiger partial charge in [-0.25, -0.2) is 19.0 Å². The van der Waals surface area contributed by atoms with Gasteiger partial charge in [0.05, 0.1) is 17.3 Å². The van der Waals surface area contributed by atoms with Gasteiger partial charge in [-0.15, -0.1) is 0 Å². The molecule has 1 aliphatic carbocycles. The normalized spacial score (nSPS) is 19.6. The molecular formula is C29H28FN5O. The van der Waals surface area contributed by atoms with Gasteiger partial charge in [-0.1, -0.05) is 24.3 Å². The zero-order chi connectivity index (χ0) is 24.5. The summed E-state index contributed by atoms with van der Waals surface area (Å²) in [5, 5.41) is 4.81. The monoisotopic (exact) mass is 481 g/mol. The Kier molecular flexibility index (Phi) is 6.05. The molecule has 1 saturated heterocycles. The molecule has 0 saturated carbocycles. The van der Waals surface area contributed by atoms with E-state index in [0.717, 1.165) is 55.6 Å². The third kappa shape index (κ3) is 4.30. The average molecular weight is 482 g/mol. The third-order valence-electron chi connectivity index (χ3n) is 7.44. The highest BCUT2D eigenvalue weighted by molar-refractivity contribution is 5.84. The van der Waals surface area contributed by atoms with E-state index >= 15 is 0 Å². The van der Waals surface area contributed by atoms with Crippen LogP contribution in [0.5, 0.6) is 0 Å². The van der Waals surface area contributed by atoms with E-state index < -0.39 is 0 Å². The Balaban J connectivity index is 1.32. The number of aryl methyl sites for hydroxylation is 1. The van der Waals surface area contributed by atoms with Gasteiger partial charge in [0, 0.05) is 37.0 Å². The second-order valence-corrected chi connectivity index (χ2v) is 9.69. The lowest BCUT2D eigenvalue weighted by Crippen LogP contribution is -2.42. The number of nitrogens with zero attached hydrogens (tertiary/aromatic N) is 5. The molecule has 0 radical (unpaired) electrons. The maximum Gasteiger partial charge on any atom is 0.250 e. The summed E-state index contributed by atoms with van der Waals surface area (Å²) < 4.78 is 15.3. The molecule has 2 aromatic heterocycles. The molecule has 1 amide bonds. The van der Waals surface area contributed by atoms with Crippen LogP contribution in [-0.2, 0) is 11.2 Å². The van der Waals surface area contributed by atoms with Crippen molar-refractivity contribution in [2.24, 2.45) is 0 Å². The van der Waals surface area contributed by atoms with Crippen LogP contribution in [-0.4, -0.2) is 43.6 Å². The summed E-state index contributed by atoms with van der Waals surface area (Å²) in [7, 11) is 0. The van der Waals surface area contributed by atoms with Crippen LogP contribution in [0.3, 0.4) is 0 Å². The zero-order valence-corrected chi connectivity index (χ0v) is 20.1. The second kappa shape index (κ2) is 9.64. The van der Waals surface area contributed by atoms with Crippen molar-refractivity contribution in [3.05, 3.63) is 95.7 Å². The van der Waals surface area contributed by atoms with Crippen molar-refractivity contribution in [1.82, 2.24) is 24.6 Å². The summed E-state index contributed by atoms with van der Waals surface area (Å²) in [4.78, 5) is 24.6. The fourth-order valence-electron chi connectivity index (χ4n) is 5.66. The van der Waals surface area contributed by atoms with Crippen LogP contribution in [0.15, 0.2) is 73.1 Å². The van der Waals surface area contributed by atoms with Gasteiger partial charge in [0.1, 0.15) is 5.82 Å². The third-order valence-corrected chi connectivity index (χ3v) is 7.44. The quantitative estimate of drug-likeness (QED) is 0.397. The Morgan fingerprint density at radius 2 is 1.75 bits per heavy atom. The van der Waals surface area contributed by atoms with Crippen molar-refractivity contribution in [3.63, 3.8) is 0 Å². The first kappa shape index (κ1) is 22.6. The molecule has 4 aromatic rings. The minimum absolute atomic E-state index is 0.0640. The number of benzene rings is 2. The van der Waals surface area contributed by atoms with Gasteiger partial charge in [-0.3, -0.25) is 4.79 Å². The van der Waals surface area contributed by atoms with Crippen LogP contribution in [0.2, 0.25) is 0 Å². The van der Waals surface area contributed by atoms with Crippen LogP contribution in [0.4, 0.5) is 4.39 Å². The Hall–Kier alpha value is -3.87. The van der Waals surface area contributed by atoms with Crippen LogP contribution in [0.1, 0.15) is 54.3 Å². The number of aromatic nitrogens is 4. The van der Waals surface area contributed by atoms with Crippen LogP contribution < -0.4 is 0 Å². The number of fused-ring (bicyclic) bond motifs is 1. The number of piperidine rings is 1. The fourth-order valence-corrected chi connectivity index (χ4v) is 5.66. The molecule has 0 spiro atoms. The summed E-state index contributed by atoms with van der Waals surface area (Å²) in [6.45, 7) is 1.41. The molecule has 2 unspecified atom stereocenters. The van der Waals surface area contributed by atoms with Crippen molar-refractivity contribution in [2.45, 2.75) is 43.9 Å². The Labute approximate surface area is 209 Å². The van der Waals surface area contributed by atoms with Gasteiger partial charge in [-0.2, -0.15) is 5.10 Å². The summed E-state index contributed by atoms with van der Waals surface area (Å²) in [5.74, 6) is 0.478. The summed E-state index contributed by atoms with van der Waals surface area (Å²) in [6, 6.07) is 18.5. The molecule has 1 fully saturated rings. The molecule has 36 heavy (non-hydrogen) atoms. The van der Waals surface area contributed by atoms with E-state index in [-0.39, 0.29) is 23.6 Å². The van der Waals surface area contributed by atoms with Gasteiger partial charge in [0.2, 0.25) is 5.91 Å². The van der Waals surface area contributed by atoms with Crippen molar-refractivity contribution in [2.75, 3.05) is 13.1 Å². The molecular weight excluding hydrogens is 453 g/mol. The average Bonchev–Trinajstić information content (AvgIpc) is 3.39. The SMILES string of the molecule is O=C(C1CCCc2ccccc21)N1CCCC(c2cc(-c3ccc(F)cc3)nn2-c2ncccn2)C1. The lowest BCUT2D eigenvalue weighted by atomic mass is 9.81. The number of likely N-dealkylation sites (tertiary alicyclic amines) is 1. The molecule has 0 bridgehead atoms. The number of carbonyl (C=O) groups is 1. The summed E-state index contributed by atoms with van der Waals surface area (Å²) in [5.41, 5.74) is 5.04. The summed E-state index contributed by atoms with van der Waals surface area (Å²) in [6.07, 6.45) is 8.27. The molecule has 2 aromatic carbocycles. The van der Waals surface area contributed by atoms with E-state index in [1.54, 1.807) is 35.3 Å².